The number of benzene rings is 1. The molecule has 0 spiro atoms. The van der Waals surface area contributed by atoms with Crippen LogP contribution in [0.4, 0.5) is 10.5 Å². The van der Waals surface area contributed by atoms with E-state index in [1.165, 1.54) is 6.07 Å². The lowest BCUT2D eigenvalue weighted by molar-refractivity contribution is -0.139. The zero-order valence-electron chi connectivity index (χ0n) is 14.0. The van der Waals surface area contributed by atoms with Gasteiger partial charge in [-0.05, 0) is 44.4 Å². The number of amides is 1. The Hall–Kier alpha value is -2.24. The minimum absolute atomic E-state index is 0.0292. The lowest BCUT2D eigenvalue weighted by Gasteiger charge is -2.20. The molecule has 23 heavy (non-hydrogen) atoms. The van der Waals surface area contributed by atoms with Crippen LogP contribution in [0.2, 0.25) is 0 Å². The Morgan fingerprint density at radius 3 is 2.35 bits per heavy atom. The fraction of sp³-hybridized carbons (Fsp3) is 0.529. The molecule has 2 atom stereocenters. The van der Waals surface area contributed by atoms with Gasteiger partial charge in [0.2, 0.25) is 0 Å². The summed E-state index contributed by atoms with van der Waals surface area (Å²) in [6.07, 6.45) is -0.598. The highest BCUT2D eigenvalue weighted by molar-refractivity contribution is 5.85. The molecule has 0 saturated heterocycles. The summed E-state index contributed by atoms with van der Waals surface area (Å²) in [5, 5.41) is 21.9. The molecule has 1 saturated carbocycles. The quantitative estimate of drug-likeness (QED) is 0.740. The van der Waals surface area contributed by atoms with E-state index in [1.807, 2.05) is 13.8 Å². The monoisotopic (exact) mass is 321 g/mol. The number of carbonyl (C=O) groups excluding carboxylic acids is 1. The predicted molar refractivity (Wildman–Crippen MR) is 85.6 cm³/mol. The Kier molecular flexibility index (Phi) is 4.05. The summed E-state index contributed by atoms with van der Waals surface area (Å²) in [6.45, 7) is 8.99. The molecule has 1 aliphatic rings. The standard InChI is InChI=1S/C17H23NO5/c1-16(2,3)23-15(22)18-9-6-7-11(19)10(8-9)12-13(14(20)21)17(12,4)5/h6-8,12-13,19H,1-5H3,(H,18,22)(H,20,21). The molecule has 2 unspecified atom stereocenters. The number of hydrogen-bond acceptors (Lipinski definition) is 4. The van der Waals surface area contributed by atoms with Crippen molar-refractivity contribution in [2.75, 3.05) is 5.32 Å². The van der Waals surface area contributed by atoms with Gasteiger partial charge in [-0.1, -0.05) is 13.8 Å². The number of hydrogen-bond donors (Lipinski definition) is 3. The van der Waals surface area contributed by atoms with Crippen LogP contribution in [0, 0.1) is 11.3 Å². The van der Waals surface area contributed by atoms with Crippen LogP contribution in [0.3, 0.4) is 0 Å². The van der Waals surface area contributed by atoms with Gasteiger partial charge in [-0.25, -0.2) is 4.79 Å². The maximum absolute atomic E-state index is 11.8. The molecule has 1 amide bonds. The minimum atomic E-state index is -0.884. The molecule has 3 N–H and O–H groups in total. The average Bonchev–Trinajstić information content (AvgIpc) is 2.92. The number of rotatable bonds is 3. The van der Waals surface area contributed by atoms with Crippen molar-refractivity contribution < 1.29 is 24.5 Å². The summed E-state index contributed by atoms with van der Waals surface area (Å²) in [4.78, 5) is 23.1. The van der Waals surface area contributed by atoms with Gasteiger partial charge in [0.25, 0.3) is 0 Å². The van der Waals surface area contributed by atoms with Crippen LogP contribution >= 0.6 is 0 Å². The Bertz CT molecular complexity index is 645. The second kappa shape index (κ2) is 5.44. The molecule has 6 heteroatoms. The molecule has 2 rings (SSSR count). The van der Waals surface area contributed by atoms with E-state index in [2.05, 4.69) is 5.32 Å². The maximum Gasteiger partial charge on any atom is 0.412 e. The number of ether oxygens (including phenoxy) is 1. The number of nitrogens with one attached hydrogen (secondary N) is 1. The van der Waals surface area contributed by atoms with E-state index in [4.69, 9.17) is 4.74 Å². The lowest BCUT2D eigenvalue weighted by atomic mass is 10.0. The Balaban J connectivity index is 2.21. The third-order valence-electron chi connectivity index (χ3n) is 4.10. The molecule has 6 nitrogen and oxygen atoms in total. The van der Waals surface area contributed by atoms with E-state index < -0.39 is 29.0 Å². The molecular weight excluding hydrogens is 298 g/mol. The third kappa shape index (κ3) is 3.57. The average molecular weight is 321 g/mol. The first-order valence-corrected chi connectivity index (χ1v) is 7.49. The second-order valence-corrected chi connectivity index (χ2v) is 7.52. The fourth-order valence-corrected chi connectivity index (χ4v) is 2.98. The summed E-state index contributed by atoms with van der Waals surface area (Å²) in [6, 6.07) is 4.61. The molecule has 1 aliphatic carbocycles. The second-order valence-electron chi connectivity index (χ2n) is 7.52. The summed E-state index contributed by atoms with van der Waals surface area (Å²) < 4.78 is 5.18. The van der Waals surface area contributed by atoms with Crippen molar-refractivity contribution in [1.82, 2.24) is 0 Å². The molecule has 1 fully saturated rings. The van der Waals surface area contributed by atoms with Crippen molar-refractivity contribution in [3.05, 3.63) is 23.8 Å². The van der Waals surface area contributed by atoms with E-state index >= 15 is 0 Å². The van der Waals surface area contributed by atoms with Gasteiger partial charge >= 0.3 is 12.1 Å². The van der Waals surface area contributed by atoms with Crippen LogP contribution in [-0.4, -0.2) is 27.9 Å². The molecule has 1 aromatic rings. The summed E-state index contributed by atoms with van der Waals surface area (Å²) in [7, 11) is 0. The first kappa shape index (κ1) is 17.1. The van der Waals surface area contributed by atoms with Crippen LogP contribution in [0.15, 0.2) is 18.2 Å². The zero-order chi connectivity index (χ0) is 17.6. The van der Waals surface area contributed by atoms with Crippen molar-refractivity contribution in [3.63, 3.8) is 0 Å². The van der Waals surface area contributed by atoms with Crippen LogP contribution in [0.25, 0.3) is 0 Å². The van der Waals surface area contributed by atoms with Crippen molar-refractivity contribution in [3.8, 4) is 5.75 Å². The first-order valence-electron chi connectivity index (χ1n) is 7.49. The Morgan fingerprint density at radius 2 is 1.87 bits per heavy atom. The minimum Gasteiger partial charge on any atom is -0.508 e. The smallest absolute Gasteiger partial charge is 0.412 e. The van der Waals surface area contributed by atoms with Gasteiger partial charge in [-0.15, -0.1) is 0 Å². The zero-order valence-corrected chi connectivity index (χ0v) is 14.0. The largest absolute Gasteiger partial charge is 0.508 e. The molecule has 0 aromatic heterocycles. The fourth-order valence-electron chi connectivity index (χ4n) is 2.98. The number of aromatic hydroxyl groups is 1. The van der Waals surface area contributed by atoms with Gasteiger partial charge in [0, 0.05) is 17.2 Å². The summed E-state index contributed by atoms with van der Waals surface area (Å²) >= 11 is 0. The van der Waals surface area contributed by atoms with Crippen molar-refractivity contribution in [2.45, 2.75) is 46.1 Å². The highest BCUT2D eigenvalue weighted by Gasteiger charge is 2.63. The van der Waals surface area contributed by atoms with Crippen LogP contribution in [-0.2, 0) is 9.53 Å². The topological polar surface area (TPSA) is 95.9 Å². The predicted octanol–water partition coefficient (Wildman–Crippen LogP) is 3.56. The van der Waals surface area contributed by atoms with Crippen molar-refractivity contribution >= 4 is 17.7 Å². The molecule has 126 valence electrons. The van der Waals surface area contributed by atoms with Crippen LogP contribution in [0.1, 0.15) is 46.1 Å². The maximum atomic E-state index is 11.8. The molecule has 1 aromatic carbocycles. The number of carbonyl (C=O) groups is 2. The number of carboxylic acids is 1. The number of carboxylic acid groups (broad SMARTS) is 1. The lowest BCUT2D eigenvalue weighted by Crippen LogP contribution is -2.27. The van der Waals surface area contributed by atoms with Gasteiger partial charge in [-0.3, -0.25) is 10.1 Å². The summed E-state index contributed by atoms with van der Waals surface area (Å²) in [5.74, 6) is -1.70. The van der Waals surface area contributed by atoms with Gasteiger partial charge in [0.05, 0.1) is 5.92 Å². The van der Waals surface area contributed by atoms with Gasteiger partial charge in [0.1, 0.15) is 11.4 Å². The molecule has 0 radical (unpaired) electrons. The van der Waals surface area contributed by atoms with Crippen molar-refractivity contribution in [2.24, 2.45) is 11.3 Å². The molecular formula is C17H23NO5. The Morgan fingerprint density at radius 1 is 1.26 bits per heavy atom. The van der Waals surface area contributed by atoms with Gasteiger partial charge < -0.3 is 14.9 Å². The molecule has 0 heterocycles. The van der Waals surface area contributed by atoms with Crippen molar-refractivity contribution in [1.29, 1.82) is 0 Å². The van der Waals surface area contributed by atoms with E-state index in [-0.39, 0.29) is 11.7 Å². The highest BCUT2D eigenvalue weighted by atomic mass is 16.6. The number of phenolic OH excluding ortho intramolecular Hbond substituents is 1. The number of phenols is 1. The number of aliphatic carboxylic acids is 1. The van der Waals surface area contributed by atoms with Gasteiger partial charge in [0.15, 0.2) is 0 Å². The van der Waals surface area contributed by atoms with E-state index in [0.717, 1.165) is 0 Å². The molecule has 0 aliphatic heterocycles. The van der Waals surface area contributed by atoms with Crippen LogP contribution < -0.4 is 5.32 Å². The SMILES string of the molecule is CC(C)(C)OC(=O)Nc1ccc(O)c(C2C(C(=O)O)C2(C)C)c1. The molecule has 0 bridgehead atoms. The Labute approximate surface area is 135 Å². The normalized spacial score (nSPS) is 22.3. The van der Waals surface area contributed by atoms with E-state index in [0.29, 0.717) is 11.3 Å². The summed E-state index contributed by atoms with van der Waals surface area (Å²) in [5.41, 5.74) is -0.0697. The van der Waals surface area contributed by atoms with E-state index in [1.54, 1.807) is 32.9 Å². The highest BCUT2D eigenvalue weighted by Crippen LogP contribution is 2.65. The third-order valence-corrected chi connectivity index (χ3v) is 4.10. The first-order chi connectivity index (χ1) is 10.4. The van der Waals surface area contributed by atoms with Gasteiger partial charge in [-0.2, -0.15) is 0 Å². The van der Waals surface area contributed by atoms with E-state index in [9.17, 15) is 19.8 Å². The van der Waals surface area contributed by atoms with Crippen LogP contribution in [0.5, 0.6) is 5.75 Å². The number of anilines is 1.